The van der Waals surface area contributed by atoms with Crippen LogP contribution in [-0.4, -0.2) is 8.42 Å². The first-order valence-electron chi connectivity index (χ1n) is 11.3. The molecule has 0 heterocycles. The van der Waals surface area contributed by atoms with Crippen molar-refractivity contribution < 1.29 is 8.42 Å². The molecule has 0 N–H and O–H groups in total. The molecule has 4 aromatic carbocycles. The number of hydrogen-bond donors (Lipinski definition) is 0. The number of rotatable bonds is 8. The van der Waals surface area contributed by atoms with E-state index in [9.17, 15) is 8.42 Å². The molecule has 0 aliphatic heterocycles. The van der Waals surface area contributed by atoms with Crippen LogP contribution in [0, 0.1) is 0 Å². The van der Waals surface area contributed by atoms with Gasteiger partial charge in [0.25, 0.3) is 0 Å². The van der Waals surface area contributed by atoms with Gasteiger partial charge in [0.2, 0.25) is 0 Å². The van der Waals surface area contributed by atoms with Crippen LogP contribution >= 0.6 is 55.1 Å². The van der Waals surface area contributed by atoms with Gasteiger partial charge < -0.3 is 0 Å². The van der Waals surface area contributed by atoms with Gasteiger partial charge in [0, 0.05) is 19.0 Å². The highest BCUT2D eigenvalue weighted by Crippen LogP contribution is 2.38. The van der Waals surface area contributed by atoms with Crippen LogP contribution in [0.4, 0.5) is 0 Å². The topological polar surface area (TPSA) is 34.1 Å². The van der Waals surface area contributed by atoms with E-state index < -0.39 is 20.3 Å². The van der Waals surface area contributed by atoms with Crippen molar-refractivity contribution in [2.75, 3.05) is 0 Å². The third-order valence-corrected chi connectivity index (χ3v) is 9.61. The zero-order valence-electron chi connectivity index (χ0n) is 19.4. The minimum absolute atomic E-state index is 0.622. The summed E-state index contributed by atoms with van der Waals surface area (Å²) in [7, 11) is -3.81. The van der Waals surface area contributed by atoms with E-state index in [1.807, 2.05) is 84.9 Å². The summed E-state index contributed by atoms with van der Waals surface area (Å²) in [6.07, 6.45) is 7.12. The van der Waals surface area contributed by atoms with Crippen LogP contribution in [0.5, 0.6) is 0 Å². The highest BCUT2D eigenvalue weighted by atomic mass is 79.9. The molecule has 0 aliphatic carbocycles. The highest BCUT2D eigenvalue weighted by molar-refractivity contribution is 9.10. The van der Waals surface area contributed by atoms with E-state index in [4.69, 9.17) is 23.2 Å². The second kappa shape index (κ2) is 12.6. The minimum atomic E-state index is -3.81. The first-order valence-corrected chi connectivity index (χ1v) is 15.3. The fourth-order valence-electron chi connectivity index (χ4n) is 3.83. The van der Waals surface area contributed by atoms with E-state index in [1.54, 1.807) is 36.4 Å². The van der Waals surface area contributed by atoms with Gasteiger partial charge >= 0.3 is 0 Å². The molecule has 0 fully saturated rings. The van der Waals surface area contributed by atoms with Gasteiger partial charge in [-0.15, -0.1) is 0 Å². The lowest BCUT2D eigenvalue weighted by Gasteiger charge is -2.22. The van der Waals surface area contributed by atoms with Gasteiger partial charge in [0.15, 0.2) is 9.84 Å². The minimum Gasteiger partial charge on any atom is -0.227 e. The first kappa shape index (κ1) is 27.9. The third-order valence-electron chi connectivity index (χ3n) is 5.77. The SMILES string of the molecule is O=S(=O)(C(/C=C/c1ccc(Cl)cc1)c1ccc(Br)cc1)C(/C=C/c1ccc(Cl)cc1)c1ccc(Br)cc1. The Bertz CT molecular complexity index is 1390. The van der Waals surface area contributed by atoms with Crippen molar-refractivity contribution in [3.63, 3.8) is 0 Å². The van der Waals surface area contributed by atoms with Gasteiger partial charge in [0.05, 0.1) is 0 Å². The average molecular weight is 677 g/mol. The molecule has 37 heavy (non-hydrogen) atoms. The average Bonchev–Trinajstić information content (AvgIpc) is 2.88. The van der Waals surface area contributed by atoms with Gasteiger partial charge in [-0.2, -0.15) is 0 Å². The molecular weight excluding hydrogens is 655 g/mol. The standard InChI is InChI=1S/C30H22Br2Cl2O2S/c31-25-11-7-23(8-12-25)29(19-5-21-1-15-27(33)16-2-21)37(35,36)30(24-9-13-26(32)14-10-24)20-6-22-3-17-28(34)18-4-22/h1-20,29-30H/b19-5+,20-6+. The Morgan fingerprint density at radius 1 is 0.541 bits per heavy atom. The van der Waals surface area contributed by atoms with Gasteiger partial charge in [-0.05, 0) is 70.8 Å². The van der Waals surface area contributed by atoms with Crippen molar-refractivity contribution in [1.82, 2.24) is 0 Å². The van der Waals surface area contributed by atoms with Crippen LogP contribution in [0.3, 0.4) is 0 Å². The summed E-state index contributed by atoms with van der Waals surface area (Å²) in [6, 6.07) is 29.3. The molecule has 0 saturated heterocycles. The summed E-state index contributed by atoms with van der Waals surface area (Å²) in [5, 5.41) is -0.534. The molecule has 0 aromatic heterocycles. The van der Waals surface area contributed by atoms with Crippen molar-refractivity contribution in [1.29, 1.82) is 0 Å². The van der Waals surface area contributed by atoms with Gasteiger partial charge in [-0.25, -0.2) is 8.42 Å². The van der Waals surface area contributed by atoms with Crippen LogP contribution in [0.15, 0.2) is 118 Å². The molecule has 0 bridgehead atoms. The Hall–Kier alpha value is -2.15. The second-order valence-electron chi connectivity index (χ2n) is 8.35. The summed E-state index contributed by atoms with van der Waals surface area (Å²) in [5.41, 5.74) is 3.07. The number of benzene rings is 4. The van der Waals surface area contributed by atoms with E-state index >= 15 is 0 Å². The number of sulfone groups is 1. The Morgan fingerprint density at radius 2 is 0.865 bits per heavy atom. The Kier molecular flexibility index (Phi) is 9.49. The molecule has 4 aromatic rings. The zero-order chi connectivity index (χ0) is 26.4. The lowest BCUT2D eigenvalue weighted by atomic mass is 10.1. The van der Waals surface area contributed by atoms with Crippen molar-refractivity contribution in [3.05, 3.63) is 150 Å². The van der Waals surface area contributed by atoms with Crippen LogP contribution in [-0.2, 0) is 9.84 Å². The van der Waals surface area contributed by atoms with E-state index in [1.165, 1.54) is 0 Å². The third kappa shape index (κ3) is 7.46. The summed E-state index contributed by atoms with van der Waals surface area (Å²) in [6.45, 7) is 0. The second-order valence-corrected chi connectivity index (χ2v) is 13.3. The van der Waals surface area contributed by atoms with Crippen LogP contribution in [0.25, 0.3) is 12.2 Å². The predicted octanol–water partition coefficient (Wildman–Crippen LogP) is 10.1. The van der Waals surface area contributed by atoms with Crippen molar-refractivity contribution in [2.45, 2.75) is 10.5 Å². The maximum atomic E-state index is 14.4. The molecule has 2 atom stereocenters. The van der Waals surface area contributed by atoms with E-state index in [0.29, 0.717) is 21.2 Å². The number of halogens is 4. The first-order chi connectivity index (χ1) is 17.7. The van der Waals surface area contributed by atoms with Gasteiger partial charge in [-0.1, -0.05) is 128 Å². The van der Waals surface area contributed by atoms with Crippen molar-refractivity contribution in [3.8, 4) is 0 Å². The van der Waals surface area contributed by atoms with Crippen molar-refractivity contribution in [2.24, 2.45) is 0 Å². The fourth-order valence-corrected chi connectivity index (χ4v) is 6.59. The lowest BCUT2D eigenvalue weighted by Crippen LogP contribution is -2.19. The molecule has 2 nitrogen and oxygen atoms in total. The molecule has 0 spiro atoms. The van der Waals surface area contributed by atoms with Gasteiger partial charge in [0.1, 0.15) is 10.5 Å². The summed E-state index contributed by atoms with van der Waals surface area (Å²) in [4.78, 5) is 0. The van der Waals surface area contributed by atoms with Gasteiger partial charge in [-0.3, -0.25) is 0 Å². The zero-order valence-corrected chi connectivity index (χ0v) is 24.9. The molecular formula is C30H22Br2Cl2O2S. The maximum Gasteiger partial charge on any atom is 0.171 e. The van der Waals surface area contributed by atoms with Crippen LogP contribution in [0.2, 0.25) is 10.0 Å². The molecule has 2 unspecified atom stereocenters. The van der Waals surface area contributed by atoms with Crippen LogP contribution < -0.4 is 0 Å². The molecule has 4 rings (SSSR count). The smallest absolute Gasteiger partial charge is 0.171 e. The van der Waals surface area contributed by atoms with Crippen molar-refractivity contribution >= 4 is 77.1 Å². The summed E-state index contributed by atoms with van der Waals surface area (Å²) < 4.78 is 30.5. The van der Waals surface area contributed by atoms with E-state index in [-0.39, 0.29) is 0 Å². The molecule has 0 saturated carbocycles. The lowest BCUT2D eigenvalue weighted by molar-refractivity contribution is 0.584. The van der Waals surface area contributed by atoms with E-state index in [0.717, 1.165) is 20.1 Å². The molecule has 7 heteroatoms. The maximum absolute atomic E-state index is 14.4. The Morgan fingerprint density at radius 3 is 1.19 bits per heavy atom. The van der Waals surface area contributed by atoms with E-state index in [2.05, 4.69) is 31.9 Å². The normalized spacial score (nSPS) is 13.7. The highest BCUT2D eigenvalue weighted by Gasteiger charge is 2.33. The molecule has 0 amide bonds. The summed E-state index contributed by atoms with van der Waals surface area (Å²) in [5.74, 6) is 0. The molecule has 188 valence electrons. The quantitative estimate of drug-likeness (QED) is 0.186. The molecule has 0 radical (unpaired) electrons. The fraction of sp³-hybridized carbons (Fsp3) is 0.0667. The monoisotopic (exact) mass is 674 g/mol. The molecule has 0 aliphatic rings. The number of hydrogen-bond acceptors (Lipinski definition) is 2. The predicted molar refractivity (Wildman–Crippen MR) is 164 cm³/mol. The Balaban J connectivity index is 1.81. The Labute approximate surface area is 244 Å². The largest absolute Gasteiger partial charge is 0.227 e. The summed E-state index contributed by atoms with van der Waals surface area (Å²) >= 11 is 19.0. The van der Waals surface area contributed by atoms with Crippen LogP contribution in [0.1, 0.15) is 32.8 Å².